The highest BCUT2D eigenvalue weighted by Gasteiger charge is 2.25. The van der Waals surface area contributed by atoms with Crippen LogP contribution < -0.4 is 4.57 Å². The van der Waals surface area contributed by atoms with Crippen molar-refractivity contribution >= 4 is 49.0 Å². The van der Waals surface area contributed by atoms with E-state index in [0.717, 1.165) is 6.42 Å². The molecular formula is C28H27N2+. The lowest BCUT2D eigenvalue weighted by Gasteiger charge is -2.19. The van der Waals surface area contributed by atoms with E-state index >= 15 is 0 Å². The molecule has 3 heterocycles. The fraction of sp³-hybridized carbons (Fsp3) is 0.250. The van der Waals surface area contributed by atoms with E-state index in [1.807, 2.05) is 0 Å². The second-order valence-corrected chi connectivity index (χ2v) is 10.1. The van der Waals surface area contributed by atoms with Crippen molar-refractivity contribution in [2.24, 2.45) is 12.5 Å². The second kappa shape index (κ2) is 5.72. The summed E-state index contributed by atoms with van der Waals surface area (Å²) in [7, 11) is 2.17. The van der Waals surface area contributed by atoms with E-state index in [0.29, 0.717) is 0 Å². The molecule has 0 radical (unpaired) electrons. The Bertz CT molecular complexity index is 1610. The van der Waals surface area contributed by atoms with E-state index in [1.54, 1.807) is 0 Å². The van der Waals surface area contributed by atoms with Crippen molar-refractivity contribution in [3.05, 3.63) is 71.9 Å². The lowest BCUT2D eigenvalue weighted by molar-refractivity contribution is -0.643. The van der Waals surface area contributed by atoms with Crippen molar-refractivity contribution < 1.29 is 4.57 Å². The average Bonchev–Trinajstić information content (AvgIpc) is 3.03. The molecule has 0 unspecified atom stereocenters. The molecule has 6 aromatic rings. The molecule has 0 spiro atoms. The number of aryl methyl sites for hydroxylation is 2. The van der Waals surface area contributed by atoms with Gasteiger partial charge in [0.2, 0.25) is 5.52 Å². The Morgan fingerprint density at radius 2 is 1.57 bits per heavy atom. The Morgan fingerprint density at radius 3 is 2.33 bits per heavy atom. The Balaban J connectivity index is 1.99. The maximum atomic E-state index is 2.52. The molecule has 0 saturated carbocycles. The van der Waals surface area contributed by atoms with Gasteiger partial charge in [-0.2, -0.15) is 0 Å². The van der Waals surface area contributed by atoms with Crippen LogP contribution in [0.15, 0.2) is 60.8 Å². The molecule has 0 aliphatic heterocycles. The van der Waals surface area contributed by atoms with Gasteiger partial charge < -0.3 is 4.40 Å². The van der Waals surface area contributed by atoms with Gasteiger partial charge >= 0.3 is 0 Å². The van der Waals surface area contributed by atoms with Crippen LogP contribution in [0.3, 0.4) is 0 Å². The largest absolute Gasteiger partial charge is 0.307 e. The molecule has 0 fully saturated rings. The molecule has 2 nitrogen and oxygen atoms in total. The molecule has 0 atom stereocenters. The van der Waals surface area contributed by atoms with E-state index in [9.17, 15) is 0 Å². The summed E-state index contributed by atoms with van der Waals surface area (Å²) in [5.41, 5.74) is 8.33. The number of hydrogen-bond donors (Lipinski definition) is 0. The molecule has 0 bridgehead atoms. The summed E-state index contributed by atoms with van der Waals surface area (Å²) in [5.74, 6) is 0. The smallest absolute Gasteiger partial charge is 0.224 e. The summed E-state index contributed by atoms with van der Waals surface area (Å²) >= 11 is 0. The third-order valence-corrected chi connectivity index (χ3v) is 6.59. The fourth-order valence-corrected chi connectivity index (χ4v) is 5.48. The van der Waals surface area contributed by atoms with Gasteiger partial charge in [-0.05, 0) is 47.4 Å². The predicted molar refractivity (Wildman–Crippen MR) is 128 cm³/mol. The van der Waals surface area contributed by atoms with Gasteiger partial charge in [-0.15, -0.1) is 0 Å². The van der Waals surface area contributed by atoms with Crippen molar-refractivity contribution in [3.63, 3.8) is 0 Å². The first kappa shape index (κ1) is 17.7. The second-order valence-electron chi connectivity index (χ2n) is 10.1. The van der Waals surface area contributed by atoms with E-state index in [4.69, 9.17) is 0 Å². The molecular weight excluding hydrogens is 364 g/mol. The van der Waals surface area contributed by atoms with Crippen molar-refractivity contribution in [1.29, 1.82) is 0 Å². The first-order valence-electron chi connectivity index (χ1n) is 10.8. The zero-order valence-electron chi connectivity index (χ0n) is 18.4. The minimum absolute atomic E-state index is 0.242. The lowest BCUT2D eigenvalue weighted by Crippen LogP contribution is -2.28. The summed E-state index contributed by atoms with van der Waals surface area (Å²) in [5, 5.41) is 6.81. The minimum Gasteiger partial charge on any atom is -0.307 e. The van der Waals surface area contributed by atoms with Gasteiger partial charge in [0.1, 0.15) is 7.05 Å². The molecule has 0 aliphatic carbocycles. The number of fused-ring (bicyclic) bond motifs is 5. The number of aromatic nitrogens is 2. The van der Waals surface area contributed by atoms with E-state index in [-0.39, 0.29) is 5.41 Å². The van der Waals surface area contributed by atoms with Crippen LogP contribution in [0.4, 0.5) is 0 Å². The van der Waals surface area contributed by atoms with Crippen molar-refractivity contribution in [2.75, 3.05) is 0 Å². The number of pyridine rings is 2. The molecule has 6 rings (SSSR count). The zero-order chi connectivity index (χ0) is 20.8. The van der Waals surface area contributed by atoms with Gasteiger partial charge in [-0.1, -0.05) is 57.2 Å². The molecule has 0 saturated heterocycles. The Kier molecular flexibility index (Phi) is 3.38. The summed E-state index contributed by atoms with van der Waals surface area (Å²) in [4.78, 5) is 0. The monoisotopic (exact) mass is 391 g/mol. The van der Waals surface area contributed by atoms with Gasteiger partial charge in [-0.3, -0.25) is 0 Å². The van der Waals surface area contributed by atoms with Crippen LogP contribution in [0.5, 0.6) is 0 Å². The maximum Gasteiger partial charge on any atom is 0.224 e. The zero-order valence-corrected chi connectivity index (χ0v) is 18.4. The highest BCUT2D eigenvalue weighted by molar-refractivity contribution is 6.26. The third-order valence-electron chi connectivity index (χ3n) is 6.59. The first-order valence-corrected chi connectivity index (χ1v) is 10.8. The normalized spacial score (nSPS) is 13.0. The summed E-state index contributed by atoms with van der Waals surface area (Å²) in [6.45, 7) is 9.24. The quantitative estimate of drug-likeness (QED) is 0.167. The van der Waals surface area contributed by atoms with Crippen LogP contribution in [0.25, 0.3) is 49.0 Å². The van der Waals surface area contributed by atoms with Crippen molar-refractivity contribution in [1.82, 2.24) is 4.40 Å². The number of nitrogens with zero attached hydrogens (tertiary/aromatic N) is 2. The Hall–Kier alpha value is -3.13. The molecule has 0 amide bonds. The topological polar surface area (TPSA) is 8.29 Å². The average molecular weight is 392 g/mol. The van der Waals surface area contributed by atoms with E-state index in [2.05, 4.69) is 105 Å². The molecule has 30 heavy (non-hydrogen) atoms. The fourth-order valence-electron chi connectivity index (χ4n) is 5.48. The predicted octanol–water partition coefficient (Wildman–Crippen LogP) is 6.71. The van der Waals surface area contributed by atoms with E-state index < -0.39 is 0 Å². The maximum absolute atomic E-state index is 2.52. The Morgan fingerprint density at radius 1 is 0.833 bits per heavy atom. The van der Waals surface area contributed by atoms with Crippen LogP contribution in [-0.2, 0) is 13.5 Å². The first-order chi connectivity index (χ1) is 14.3. The highest BCUT2D eigenvalue weighted by Crippen LogP contribution is 2.42. The van der Waals surface area contributed by atoms with Crippen molar-refractivity contribution in [3.8, 4) is 0 Å². The van der Waals surface area contributed by atoms with Crippen LogP contribution >= 0.6 is 0 Å². The van der Waals surface area contributed by atoms with Gasteiger partial charge in [0.05, 0.1) is 27.3 Å². The van der Waals surface area contributed by atoms with Gasteiger partial charge in [0.25, 0.3) is 0 Å². The molecule has 2 heteroatoms. The summed E-state index contributed by atoms with van der Waals surface area (Å²) < 4.78 is 4.82. The third kappa shape index (κ3) is 2.22. The molecule has 3 aromatic carbocycles. The van der Waals surface area contributed by atoms with Gasteiger partial charge in [-0.25, -0.2) is 4.57 Å². The SMILES string of the molecule is Cc1ccc2c3c(CC(C)(C)C)cccc3n3c4cccc5cc[n+](C)c(c1c23)c54. The molecule has 0 N–H and O–H groups in total. The molecule has 148 valence electrons. The van der Waals surface area contributed by atoms with E-state index in [1.165, 1.54) is 60.1 Å². The van der Waals surface area contributed by atoms with Crippen LogP contribution in [-0.4, -0.2) is 4.40 Å². The van der Waals surface area contributed by atoms with Gasteiger partial charge in [0, 0.05) is 16.8 Å². The number of hydrogen-bond acceptors (Lipinski definition) is 0. The van der Waals surface area contributed by atoms with Crippen LogP contribution in [0, 0.1) is 12.3 Å². The lowest BCUT2D eigenvalue weighted by atomic mass is 9.86. The standard InChI is InChI=1S/C28H27N2/c1-17-12-13-20-24-19(16-28(2,3)4)9-7-10-21(24)30-22-11-6-8-18-14-15-29(5)27(25(18)22)23(17)26(20)30/h6-15H,16H2,1-5H3/q+1. The van der Waals surface area contributed by atoms with Crippen LogP contribution in [0.2, 0.25) is 0 Å². The van der Waals surface area contributed by atoms with Gasteiger partial charge in [0.15, 0.2) is 6.20 Å². The number of rotatable bonds is 1. The molecule has 3 aromatic heterocycles. The summed E-state index contributed by atoms with van der Waals surface area (Å²) in [6, 6.07) is 20.5. The highest BCUT2D eigenvalue weighted by atomic mass is 15.0. The van der Waals surface area contributed by atoms with Crippen LogP contribution in [0.1, 0.15) is 31.9 Å². The van der Waals surface area contributed by atoms with Crippen molar-refractivity contribution in [2.45, 2.75) is 34.1 Å². The number of benzene rings is 3. The Labute approximate surface area is 176 Å². The summed E-state index contributed by atoms with van der Waals surface area (Å²) in [6.07, 6.45) is 3.26. The minimum atomic E-state index is 0.242. The molecule has 0 aliphatic rings.